The summed E-state index contributed by atoms with van der Waals surface area (Å²) in [6, 6.07) is 7.12. The van der Waals surface area contributed by atoms with Gasteiger partial charge in [0, 0.05) is 5.56 Å². The van der Waals surface area contributed by atoms with Gasteiger partial charge in [0.1, 0.15) is 11.4 Å². The molecule has 0 unspecified atom stereocenters. The Hall–Kier alpha value is -2.40. The van der Waals surface area contributed by atoms with Crippen LogP contribution in [0.4, 0.5) is 13.2 Å². The van der Waals surface area contributed by atoms with E-state index in [4.69, 9.17) is 22.2 Å². The van der Waals surface area contributed by atoms with Crippen molar-refractivity contribution in [1.82, 2.24) is 9.97 Å². The molecule has 0 aliphatic carbocycles. The first kappa shape index (κ1) is 15.0. The van der Waals surface area contributed by atoms with Crippen molar-refractivity contribution >= 4 is 12.2 Å². The zero-order valence-corrected chi connectivity index (χ0v) is 11.5. The summed E-state index contributed by atoms with van der Waals surface area (Å²) in [5, 5.41) is 8.89. The Bertz CT molecular complexity index is 777. The largest absolute Gasteiger partial charge is 0.496 e. The van der Waals surface area contributed by atoms with Gasteiger partial charge in [0.25, 0.3) is 0 Å². The predicted molar refractivity (Wildman–Crippen MR) is 71.1 cm³/mol. The number of hydrogen-bond donors (Lipinski definition) is 1. The van der Waals surface area contributed by atoms with Gasteiger partial charge >= 0.3 is 6.18 Å². The second-order valence-corrected chi connectivity index (χ2v) is 4.40. The highest BCUT2D eigenvalue weighted by Crippen LogP contribution is 2.33. The van der Waals surface area contributed by atoms with E-state index in [2.05, 4.69) is 4.98 Å². The van der Waals surface area contributed by atoms with E-state index in [9.17, 15) is 13.2 Å². The molecule has 0 aliphatic rings. The van der Waals surface area contributed by atoms with Crippen molar-refractivity contribution in [1.29, 1.82) is 5.26 Å². The van der Waals surface area contributed by atoms with Gasteiger partial charge in [-0.15, -0.1) is 0 Å². The van der Waals surface area contributed by atoms with Crippen LogP contribution < -0.4 is 4.74 Å². The van der Waals surface area contributed by atoms with Gasteiger partial charge in [-0.2, -0.15) is 18.4 Å². The zero-order chi connectivity index (χ0) is 15.6. The molecule has 1 aromatic carbocycles. The molecule has 108 valence electrons. The van der Waals surface area contributed by atoms with E-state index in [1.165, 1.54) is 25.3 Å². The minimum atomic E-state index is -4.58. The second-order valence-electron chi connectivity index (χ2n) is 4.01. The van der Waals surface area contributed by atoms with Crippen molar-refractivity contribution in [2.75, 3.05) is 7.11 Å². The molecule has 0 bridgehead atoms. The maximum Gasteiger partial charge on any atom is 0.431 e. The molecule has 8 heteroatoms. The minimum Gasteiger partial charge on any atom is -0.496 e. The first-order valence-corrected chi connectivity index (χ1v) is 6.03. The summed E-state index contributed by atoms with van der Waals surface area (Å²) >= 11 is 4.72. The van der Waals surface area contributed by atoms with Gasteiger partial charge in [-0.3, -0.25) is 0 Å². The van der Waals surface area contributed by atoms with Crippen LogP contribution in [0.25, 0.3) is 11.3 Å². The van der Waals surface area contributed by atoms with Gasteiger partial charge in [-0.05, 0) is 36.5 Å². The van der Waals surface area contributed by atoms with Gasteiger partial charge in [-0.25, -0.2) is 4.98 Å². The van der Waals surface area contributed by atoms with Crippen LogP contribution >= 0.6 is 12.2 Å². The molecule has 1 aromatic heterocycles. The summed E-state index contributed by atoms with van der Waals surface area (Å²) in [7, 11) is 1.37. The molecule has 2 rings (SSSR count). The molecule has 21 heavy (non-hydrogen) atoms. The fraction of sp³-hybridized carbons (Fsp3) is 0.154. The number of benzene rings is 1. The highest BCUT2D eigenvalue weighted by molar-refractivity contribution is 7.71. The standard InChI is InChI=1S/C13H8F3N3OS/c1-20-10-3-2-7(6-17)4-8(10)9-5-11(13(14,15)16)19-12(21)18-9/h2-5H,1H3,(H,18,19,21). The quantitative estimate of drug-likeness (QED) is 0.859. The van der Waals surface area contributed by atoms with Crippen molar-refractivity contribution in [2.45, 2.75) is 6.18 Å². The molecular formula is C13H8F3N3OS. The Morgan fingerprint density at radius 2 is 2.05 bits per heavy atom. The molecule has 2 aromatic rings. The van der Waals surface area contributed by atoms with E-state index in [0.717, 1.165) is 6.07 Å². The van der Waals surface area contributed by atoms with Crippen molar-refractivity contribution < 1.29 is 17.9 Å². The number of nitrogens with zero attached hydrogens (tertiary/aromatic N) is 2. The van der Waals surface area contributed by atoms with Crippen molar-refractivity contribution in [2.24, 2.45) is 0 Å². The first-order chi connectivity index (χ1) is 9.85. The van der Waals surface area contributed by atoms with E-state index in [-0.39, 0.29) is 21.6 Å². The van der Waals surface area contributed by atoms with Crippen molar-refractivity contribution in [3.8, 4) is 23.1 Å². The number of hydrogen-bond acceptors (Lipinski definition) is 4. The third-order valence-corrected chi connectivity index (χ3v) is 2.85. The van der Waals surface area contributed by atoms with Crippen LogP contribution in [0.3, 0.4) is 0 Å². The normalized spacial score (nSPS) is 11.0. The Balaban J connectivity index is 2.70. The van der Waals surface area contributed by atoms with E-state index < -0.39 is 11.9 Å². The van der Waals surface area contributed by atoms with Crippen LogP contribution in [-0.2, 0) is 6.18 Å². The summed E-state index contributed by atoms with van der Waals surface area (Å²) in [6.07, 6.45) is -4.58. The number of nitriles is 1. The fourth-order valence-electron chi connectivity index (χ4n) is 1.73. The summed E-state index contributed by atoms with van der Waals surface area (Å²) in [6.45, 7) is 0. The minimum absolute atomic E-state index is 0.0139. The number of ether oxygens (including phenoxy) is 1. The predicted octanol–water partition coefficient (Wildman–Crippen LogP) is 3.71. The number of halogens is 3. The number of aromatic amines is 1. The maximum absolute atomic E-state index is 12.8. The van der Waals surface area contributed by atoms with Gasteiger partial charge < -0.3 is 9.72 Å². The third-order valence-electron chi connectivity index (χ3n) is 2.65. The number of aromatic nitrogens is 2. The van der Waals surface area contributed by atoms with Crippen LogP contribution in [-0.4, -0.2) is 17.1 Å². The molecule has 0 aliphatic heterocycles. The Labute approximate surface area is 122 Å². The van der Waals surface area contributed by atoms with Gasteiger partial charge in [0.05, 0.1) is 24.4 Å². The Morgan fingerprint density at radius 3 is 2.62 bits per heavy atom. The number of H-pyrrole nitrogens is 1. The molecule has 4 nitrogen and oxygen atoms in total. The van der Waals surface area contributed by atoms with E-state index in [1.54, 1.807) is 0 Å². The third kappa shape index (κ3) is 3.20. The van der Waals surface area contributed by atoms with Crippen LogP contribution in [0.2, 0.25) is 0 Å². The number of rotatable bonds is 2. The lowest BCUT2D eigenvalue weighted by molar-refractivity contribution is -0.141. The molecule has 0 atom stereocenters. The molecule has 0 saturated carbocycles. The topological polar surface area (TPSA) is 61.7 Å². The lowest BCUT2D eigenvalue weighted by Crippen LogP contribution is -2.09. The molecule has 1 heterocycles. The van der Waals surface area contributed by atoms with E-state index in [1.807, 2.05) is 11.1 Å². The molecular weight excluding hydrogens is 303 g/mol. The SMILES string of the molecule is COc1ccc(C#N)cc1-c1cc(C(F)(F)F)[nH]c(=S)n1. The average molecular weight is 311 g/mol. The van der Waals surface area contributed by atoms with Crippen LogP contribution in [0.5, 0.6) is 5.75 Å². The van der Waals surface area contributed by atoms with Gasteiger partial charge in [0.2, 0.25) is 0 Å². The summed E-state index contributed by atoms with van der Waals surface area (Å²) in [5.41, 5.74) is -0.482. The molecule has 0 amide bonds. The number of alkyl halides is 3. The maximum atomic E-state index is 12.8. The van der Waals surface area contributed by atoms with Gasteiger partial charge in [-0.1, -0.05) is 0 Å². The molecule has 0 radical (unpaired) electrons. The molecule has 0 spiro atoms. The van der Waals surface area contributed by atoms with Crippen LogP contribution in [0, 0.1) is 16.1 Å². The smallest absolute Gasteiger partial charge is 0.431 e. The molecule has 0 fully saturated rings. The number of nitrogens with one attached hydrogen (secondary N) is 1. The number of methoxy groups -OCH3 is 1. The second kappa shape index (κ2) is 5.54. The first-order valence-electron chi connectivity index (χ1n) is 5.62. The van der Waals surface area contributed by atoms with Crippen LogP contribution in [0.15, 0.2) is 24.3 Å². The Morgan fingerprint density at radius 1 is 1.33 bits per heavy atom. The molecule has 0 saturated heterocycles. The van der Waals surface area contributed by atoms with Crippen molar-refractivity contribution in [3.63, 3.8) is 0 Å². The monoisotopic (exact) mass is 311 g/mol. The average Bonchev–Trinajstić information content (AvgIpc) is 2.45. The summed E-state index contributed by atoms with van der Waals surface area (Å²) < 4.78 is 43.2. The zero-order valence-electron chi connectivity index (χ0n) is 10.7. The molecule has 1 N–H and O–H groups in total. The van der Waals surface area contributed by atoms with Crippen LogP contribution in [0.1, 0.15) is 11.3 Å². The summed E-state index contributed by atoms with van der Waals surface area (Å²) in [5.74, 6) is 0.301. The highest BCUT2D eigenvalue weighted by atomic mass is 32.1. The van der Waals surface area contributed by atoms with Gasteiger partial charge in [0.15, 0.2) is 4.77 Å². The van der Waals surface area contributed by atoms with E-state index >= 15 is 0 Å². The lowest BCUT2D eigenvalue weighted by Gasteiger charge is -2.11. The van der Waals surface area contributed by atoms with E-state index in [0.29, 0.717) is 5.75 Å². The highest BCUT2D eigenvalue weighted by Gasteiger charge is 2.32. The van der Waals surface area contributed by atoms with Crippen molar-refractivity contribution in [3.05, 3.63) is 40.3 Å². The Kier molecular flexibility index (Phi) is 3.95. The fourth-order valence-corrected chi connectivity index (χ4v) is 1.93. The summed E-state index contributed by atoms with van der Waals surface area (Å²) in [4.78, 5) is 5.87. The lowest BCUT2D eigenvalue weighted by atomic mass is 10.1.